The molecule has 2 saturated carbocycles. The van der Waals surface area contributed by atoms with Gasteiger partial charge in [-0.2, -0.15) is 0 Å². The summed E-state index contributed by atoms with van der Waals surface area (Å²) in [4.78, 5) is 4.45. The molecule has 1 aliphatic heterocycles. The third-order valence-corrected chi connectivity index (χ3v) is 6.73. The number of benzene rings is 1. The van der Waals surface area contributed by atoms with E-state index in [9.17, 15) is 13.2 Å². The molecule has 6 heteroatoms. The smallest absolute Gasteiger partial charge is 0.248 e. The lowest BCUT2D eigenvalue weighted by molar-refractivity contribution is -0.176. The second kappa shape index (κ2) is 7.50. The van der Waals surface area contributed by atoms with Crippen molar-refractivity contribution in [2.24, 2.45) is 17.8 Å². The predicted molar refractivity (Wildman–Crippen MR) is 107 cm³/mol. The number of halogens is 3. The predicted octanol–water partition coefficient (Wildman–Crippen LogP) is 5.72. The fourth-order valence-electron chi connectivity index (χ4n) is 5.34. The number of hydrogen-bond acceptors (Lipinski definition) is 3. The third-order valence-electron chi connectivity index (χ3n) is 6.73. The SMILES string of the molecule is Fc1cccc(-c2ccc(C=C[C@H]3[C@@H]4CC(F)(F)CC[C@H]4CC34OCCO4)nc2)c1. The van der Waals surface area contributed by atoms with Crippen molar-refractivity contribution < 1.29 is 22.6 Å². The summed E-state index contributed by atoms with van der Waals surface area (Å²) in [5, 5.41) is 0. The normalized spacial score (nSPS) is 29.5. The zero-order valence-corrected chi connectivity index (χ0v) is 16.6. The van der Waals surface area contributed by atoms with E-state index in [0.717, 1.165) is 11.1 Å². The maximum Gasteiger partial charge on any atom is 0.248 e. The Bertz CT molecular complexity index is 938. The third kappa shape index (κ3) is 3.67. The summed E-state index contributed by atoms with van der Waals surface area (Å²) in [5.41, 5.74) is 2.29. The van der Waals surface area contributed by atoms with Gasteiger partial charge in [0.1, 0.15) is 5.82 Å². The number of pyridine rings is 1. The first kappa shape index (κ1) is 19.8. The highest BCUT2D eigenvalue weighted by molar-refractivity contribution is 5.63. The summed E-state index contributed by atoms with van der Waals surface area (Å²) < 4.78 is 53.7. The lowest BCUT2D eigenvalue weighted by Gasteiger charge is -2.34. The van der Waals surface area contributed by atoms with Crippen molar-refractivity contribution in [1.29, 1.82) is 0 Å². The highest BCUT2D eigenvalue weighted by Gasteiger charge is 2.59. The molecule has 1 aromatic carbocycles. The average Bonchev–Trinajstić information content (AvgIpc) is 3.31. The van der Waals surface area contributed by atoms with Crippen molar-refractivity contribution in [1.82, 2.24) is 4.98 Å². The molecule has 0 unspecified atom stereocenters. The van der Waals surface area contributed by atoms with Crippen LogP contribution in [0.25, 0.3) is 17.2 Å². The molecule has 0 amide bonds. The van der Waals surface area contributed by atoms with E-state index in [2.05, 4.69) is 4.98 Å². The van der Waals surface area contributed by atoms with E-state index in [4.69, 9.17) is 9.47 Å². The standard InChI is InChI=1S/C24H24F3NO2/c25-19-3-1-2-16(12-19)18-4-5-20(28-15-18)6-7-22-21-14-23(26,27)9-8-17(21)13-24(22)29-10-11-30-24/h1-7,12,15,17,21-22H,8-11,13-14H2/t17-,21+,22-/m0/s1. The fourth-order valence-corrected chi connectivity index (χ4v) is 5.34. The van der Waals surface area contributed by atoms with E-state index in [1.54, 1.807) is 12.3 Å². The van der Waals surface area contributed by atoms with Crippen molar-refractivity contribution >= 4 is 6.08 Å². The first-order valence-corrected chi connectivity index (χ1v) is 10.5. The Balaban J connectivity index is 1.38. The van der Waals surface area contributed by atoms with Gasteiger partial charge < -0.3 is 9.47 Å². The molecule has 0 N–H and O–H groups in total. The number of aromatic nitrogens is 1. The number of alkyl halides is 2. The zero-order valence-electron chi connectivity index (χ0n) is 16.6. The Hall–Kier alpha value is -2.18. The molecule has 1 saturated heterocycles. The van der Waals surface area contributed by atoms with Gasteiger partial charge in [0, 0.05) is 36.9 Å². The zero-order chi connectivity index (χ0) is 20.8. The van der Waals surface area contributed by atoms with Crippen LogP contribution >= 0.6 is 0 Å². The van der Waals surface area contributed by atoms with Gasteiger partial charge in [-0.3, -0.25) is 4.98 Å². The molecule has 2 heterocycles. The molecular weight excluding hydrogens is 391 g/mol. The van der Waals surface area contributed by atoms with Crippen LogP contribution < -0.4 is 0 Å². The maximum atomic E-state index is 14.1. The average molecular weight is 415 g/mol. The van der Waals surface area contributed by atoms with Gasteiger partial charge in [-0.15, -0.1) is 0 Å². The summed E-state index contributed by atoms with van der Waals surface area (Å²) in [6, 6.07) is 10.1. The molecule has 3 aliphatic rings. The molecule has 30 heavy (non-hydrogen) atoms. The topological polar surface area (TPSA) is 31.4 Å². The highest BCUT2D eigenvalue weighted by Crippen LogP contribution is 2.57. The number of ether oxygens (including phenoxy) is 2. The van der Waals surface area contributed by atoms with E-state index in [1.165, 1.54) is 12.1 Å². The molecule has 158 valence electrons. The van der Waals surface area contributed by atoms with Crippen LogP contribution in [0.3, 0.4) is 0 Å². The number of nitrogens with zero attached hydrogens (tertiary/aromatic N) is 1. The molecular formula is C24H24F3NO2. The Morgan fingerprint density at radius 2 is 1.87 bits per heavy atom. The molecule has 3 fully saturated rings. The van der Waals surface area contributed by atoms with Crippen LogP contribution in [0.1, 0.15) is 31.4 Å². The second-order valence-corrected chi connectivity index (χ2v) is 8.60. The van der Waals surface area contributed by atoms with Gasteiger partial charge in [-0.1, -0.05) is 24.3 Å². The van der Waals surface area contributed by atoms with E-state index in [0.29, 0.717) is 31.7 Å². The van der Waals surface area contributed by atoms with Gasteiger partial charge in [0.15, 0.2) is 5.79 Å². The van der Waals surface area contributed by atoms with Crippen LogP contribution in [0.15, 0.2) is 48.7 Å². The van der Waals surface area contributed by atoms with Crippen molar-refractivity contribution in [3.63, 3.8) is 0 Å². The molecule has 0 radical (unpaired) electrons. The Labute approximate surface area is 173 Å². The summed E-state index contributed by atoms with van der Waals surface area (Å²) in [5.74, 6) is -3.88. The quantitative estimate of drug-likeness (QED) is 0.643. The summed E-state index contributed by atoms with van der Waals surface area (Å²) in [7, 11) is 0. The molecule has 2 aromatic rings. The molecule has 1 spiro atoms. The fraction of sp³-hybridized carbons (Fsp3) is 0.458. The monoisotopic (exact) mass is 415 g/mol. The first-order chi connectivity index (χ1) is 14.4. The van der Waals surface area contributed by atoms with Crippen LogP contribution in [0.4, 0.5) is 13.2 Å². The Morgan fingerprint density at radius 3 is 2.60 bits per heavy atom. The first-order valence-electron chi connectivity index (χ1n) is 10.5. The van der Waals surface area contributed by atoms with Crippen molar-refractivity contribution in [3.8, 4) is 11.1 Å². The highest BCUT2D eigenvalue weighted by atomic mass is 19.3. The lowest BCUT2D eigenvalue weighted by Crippen LogP contribution is -2.37. The van der Waals surface area contributed by atoms with E-state index in [1.807, 2.05) is 30.4 Å². The van der Waals surface area contributed by atoms with Crippen LogP contribution in [0, 0.1) is 23.6 Å². The Kier molecular flexibility index (Phi) is 4.94. The van der Waals surface area contributed by atoms with Gasteiger partial charge in [0.2, 0.25) is 5.92 Å². The minimum absolute atomic E-state index is 0.0518. The minimum Gasteiger partial charge on any atom is -0.347 e. The molecule has 2 aliphatic carbocycles. The number of hydrogen-bond donors (Lipinski definition) is 0. The molecule has 3 nitrogen and oxygen atoms in total. The van der Waals surface area contributed by atoms with Crippen LogP contribution in [0.2, 0.25) is 0 Å². The van der Waals surface area contributed by atoms with Gasteiger partial charge in [0.25, 0.3) is 0 Å². The van der Waals surface area contributed by atoms with Crippen LogP contribution in [0.5, 0.6) is 0 Å². The molecule has 5 rings (SSSR count). The van der Waals surface area contributed by atoms with E-state index < -0.39 is 11.7 Å². The largest absolute Gasteiger partial charge is 0.347 e. The number of fused-ring (bicyclic) bond motifs is 1. The van der Waals surface area contributed by atoms with Gasteiger partial charge >= 0.3 is 0 Å². The van der Waals surface area contributed by atoms with Gasteiger partial charge in [-0.25, -0.2) is 13.2 Å². The number of rotatable bonds is 3. The summed E-state index contributed by atoms with van der Waals surface area (Å²) in [6.45, 7) is 1.00. The van der Waals surface area contributed by atoms with Gasteiger partial charge in [0.05, 0.1) is 18.9 Å². The second-order valence-electron chi connectivity index (χ2n) is 8.60. The minimum atomic E-state index is -2.62. The van der Waals surface area contributed by atoms with Gasteiger partial charge in [-0.05, 0) is 48.1 Å². The van der Waals surface area contributed by atoms with Crippen molar-refractivity contribution in [2.45, 2.75) is 37.4 Å². The van der Waals surface area contributed by atoms with Crippen molar-refractivity contribution in [3.05, 3.63) is 60.2 Å². The van der Waals surface area contributed by atoms with E-state index >= 15 is 0 Å². The van der Waals surface area contributed by atoms with Crippen LogP contribution in [-0.2, 0) is 9.47 Å². The molecule has 0 bridgehead atoms. The lowest BCUT2D eigenvalue weighted by atomic mass is 9.76. The van der Waals surface area contributed by atoms with Crippen molar-refractivity contribution in [2.75, 3.05) is 13.2 Å². The Morgan fingerprint density at radius 1 is 1.03 bits per heavy atom. The summed E-state index contributed by atoms with van der Waals surface area (Å²) >= 11 is 0. The summed E-state index contributed by atoms with van der Waals surface area (Å²) in [6.07, 6.45) is 6.52. The maximum absolute atomic E-state index is 14.1. The molecule has 1 aromatic heterocycles. The molecule has 3 atom stereocenters. The van der Waals surface area contributed by atoms with E-state index in [-0.39, 0.29) is 36.4 Å². The van der Waals surface area contributed by atoms with Crippen LogP contribution in [-0.4, -0.2) is 29.9 Å².